The maximum atomic E-state index is 13.2. The minimum Gasteiger partial charge on any atom is -0.504 e. The average molecular weight is 735 g/mol. The number of phenols is 1. The molecule has 2 aromatic carbocycles. The monoisotopic (exact) mass is 734 g/mol. The lowest BCUT2D eigenvalue weighted by Gasteiger charge is -2.61. The van der Waals surface area contributed by atoms with Crippen LogP contribution >= 0.6 is 11.8 Å². The van der Waals surface area contributed by atoms with Crippen LogP contribution in [0.3, 0.4) is 0 Å². The number of rotatable bonds is 9. The molecule has 4 aliphatic rings. The standard InChI is InChI=1S/C34H37F3N4O9S/c1-14-7-18-8-19-20(9-38)41-21(10-47-12-42)23-24(29(50-17(4)43)16(3)30-31(23)49-13-48-30)32(51-11-15(2)39-33(45)34(35,36)37)26(41)25(40(19)5)22(18)27(44)28(14)46-6/h7,12,15,19-21,25-26,32,44H,8,10-11,13H2,1-6H3,(H,39,45)/t15-,19+,20+,21+,25+,26?,32-/m1/s1. The van der Waals surface area contributed by atoms with Gasteiger partial charge in [-0.05, 0) is 45.4 Å². The van der Waals surface area contributed by atoms with E-state index in [1.165, 1.54) is 32.7 Å². The highest BCUT2D eigenvalue weighted by Crippen LogP contribution is 2.63. The number of benzene rings is 2. The summed E-state index contributed by atoms with van der Waals surface area (Å²) in [5, 5.41) is 23.9. The average Bonchev–Trinajstić information content (AvgIpc) is 3.55. The molecule has 0 radical (unpaired) electrons. The summed E-state index contributed by atoms with van der Waals surface area (Å²) in [5.41, 5.74) is 3.31. The van der Waals surface area contributed by atoms with Gasteiger partial charge in [0.05, 0.1) is 30.5 Å². The van der Waals surface area contributed by atoms with Crippen molar-refractivity contribution in [1.82, 2.24) is 15.1 Å². The highest BCUT2D eigenvalue weighted by atomic mass is 32.2. The molecule has 4 aliphatic heterocycles. The number of thioether (sulfide) groups is 1. The Kier molecular flexibility index (Phi) is 9.72. The van der Waals surface area contributed by atoms with Gasteiger partial charge in [-0.1, -0.05) is 6.07 Å². The van der Waals surface area contributed by atoms with Crippen molar-refractivity contribution in [2.24, 2.45) is 0 Å². The second-order valence-corrected chi connectivity index (χ2v) is 14.2. The summed E-state index contributed by atoms with van der Waals surface area (Å²) in [5.74, 6) is -1.92. The summed E-state index contributed by atoms with van der Waals surface area (Å²) in [6.07, 6.45) is -4.73. The van der Waals surface area contributed by atoms with Crippen molar-refractivity contribution < 1.29 is 56.3 Å². The van der Waals surface area contributed by atoms with Crippen LogP contribution in [0, 0.1) is 25.2 Å². The van der Waals surface area contributed by atoms with E-state index in [1.807, 2.05) is 28.2 Å². The number of carbonyl (C=O) groups is 3. The second-order valence-electron chi connectivity index (χ2n) is 13.1. The Balaban J connectivity index is 1.64. The fourth-order valence-electron chi connectivity index (χ4n) is 8.16. The number of ether oxygens (including phenoxy) is 5. The number of methoxy groups -OCH3 is 1. The molecular weight excluding hydrogens is 697 g/mol. The lowest BCUT2D eigenvalue weighted by atomic mass is 9.71. The number of piperazine rings is 1. The van der Waals surface area contributed by atoms with Gasteiger partial charge in [0.25, 0.3) is 6.47 Å². The van der Waals surface area contributed by atoms with Crippen molar-refractivity contribution in [2.45, 2.75) is 81.8 Å². The number of phenolic OH excluding ortho intramolecular Hbond substituents is 1. The lowest BCUT2D eigenvalue weighted by molar-refractivity contribution is -0.174. The number of aromatic hydroxyl groups is 1. The Bertz CT molecular complexity index is 1820. The number of likely N-dealkylation sites (N-methyl/N-ethyl adjacent to an activating group) is 1. The number of carbonyl (C=O) groups excluding carboxylic acids is 3. The largest absolute Gasteiger partial charge is 0.504 e. The summed E-state index contributed by atoms with van der Waals surface area (Å²) in [6, 6.07) is -0.171. The molecule has 0 spiro atoms. The van der Waals surface area contributed by atoms with Crippen LogP contribution in [-0.2, 0) is 25.5 Å². The Morgan fingerprint density at radius 3 is 2.55 bits per heavy atom. The van der Waals surface area contributed by atoms with E-state index in [9.17, 15) is 37.9 Å². The van der Waals surface area contributed by atoms with Crippen molar-refractivity contribution in [1.29, 1.82) is 5.26 Å². The van der Waals surface area contributed by atoms with Crippen molar-refractivity contribution in [2.75, 3.05) is 33.3 Å². The van der Waals surface area contributed by atoms with E-state index in [0.717, 1.165) is 5.56 Å². The number of fused-ring (bicyclic) bond motifs is 9. The van der Waals surface area contributed by atoms with Gasteiger partial charge in [-0.3, -0.25) is 24.2 Å². The third-order valence-corrected chi connectivity index (χ3v) is 11.6. The molecular formula is C34H37F3N4O9S. The molecule has 1 unspecified atom stereocenters. The number of hydrogen-bond acceptors (Lipinski definition) is 13. The van der Waals surface area contributed by atoms with E-state index < -0.39 is 59.6 Å². The molecule has 7 atom stereocenters. The summed E-state index contributed by atoms with van der Waals surface area (Å²) in [7, 11) is 3.28. The molecule has 17 heteroatoms. The summed E-state index contributed by atoms with van der Waals surface area (Å²) in [6.45, 7) is 6.00. The predicted octanol–water partition coefficient (Wildman–Crippen LogP) is 3.91. The molecule has 2 N–H and O–H groups in total. The van der Waals surface area contributed by atoms with Gasteiger partial charge in [0.1, 0.15) is 18.4 Å². The first-order valence-electron chi connectivity index (χ1n) is 16.1. The normalized spacial score (nSPS) is 25.4. The number of amides is 1. The number of nitriles is 1. The third-order valence-electron chi connectivity index (χ3n) is 10.0. The second kappa shape index (κ2) is 13.6. The van der Waals surface area contributed by atoms with Gasteiger partial charge in [0.2, 0.25) is 6.79 Å². The Labute approximate surface area is 295 Å². The highest BCUT2D eigenvalue weighted by molar-refractivity contribution is 7.99. The van der Waals surface area contributed by atoms with Crippen molar-refractivity contribution in [3.63, 3.8) is 0 Å². The fraction of sp³-hybridized carbons (Fsp3) is 0.529. The number of hydrogen-bond donors (Lipinski definition) is 2. The fourth-order valence-corrected chi connectivity index (χ4v) is 9.63. The van der Waals surface area contributed by atoms with E-state index in [4.69, 9.17) is 23.7 Å². The number of halogens is 3. The van der Waals surface area contributed by atoms with Gasteiger partial charge in [0, 0.05) is 53.1 Å². The highest BCUT2D eigenvalue weighted by Gasteiger charge is 2.60. The van der Waals surface area contributed by atoms with Crippen LogP contribution in [0.2, 0.25) is 0 Å². The Morgan fingerprint density at radius 2 is 1.92 bits per heavy atom. The molecule has 51 heavy (non-hydrogen) atoms. The molecule has 6 rings (SSSR count). The zero-order valence-corrected chi connectivity index (χ0v) is 29.4. The number of nitrogens with zero attached hydrogens (tertiary/aromatic N) is 3. The molecule has 4 heterocycles. The number of aryl methyl sites for hydroxylation is 1. The zero-order valence-electron chi connectivity index (χ0n) is 28.6. The van der Waals surface area contributed by atoms with Crippen LogP contribution in [0.15, 0.2) is 6.07 Å². The van der Waals surface area contributed by atoms with Gasteiger partial charge < -0.3 is 34.1 Å². The predicted molar refractivity (Wildman–Crippen MR) is 175 cm³/mol. The molecule has 0 aliphatic carbocycles. The summed E-state index contributed by atoms with van der Waals surface area (Å²) >= 11 is 1.19. The molecule has 1 amide bonds. The maximum absolute atomic E-state index is 13.2. The number of esters is 1. The zero-order chi connectivity index (χ0) is 37.1. The van der Waals surface area contributed by atoms with Crippen LogP contribution in [-0.4, -0.2) is 96.9 Å². The quantitative estimate of drug-likeness (QED) is 0.217. The molecule has 2 aromatic rings. The topological polar surface area (TPSA) is 160 Å². The van der Waals surface area contributed by atoms with Crippen LogP contribution in [0.4, 0.5) is 13.2 Å². The smallest absolute Gasteiger partial charge is 0.471 e. The van der Waals surface area contributed by atoms with Gasteiger partial charge >= 0.3 is 18.1 Å². The van der Waals surface area contributed by atoms with Gasteiger partial charge in [-0.25, -0.2) is 0 Å². The SMILES string of the molecule is COc1c(C)cc2c(c1O)[C@H]1C3[C@H](SC[C@@H](C)NC(=O)C(F)(F)F)c4c(OC(C)=O)c(C)c5c(c4[C@H](COC=O)N3[C@@H](C#N)[C@H](C2)N1C)OCO5. The summed E-state index contributed by atoms with van der Waals surface area (Å²) in [4.78, 5) is 40.2. The minimum atomic E-state index is -5.10. The van der Waals surface area contributed by atoms with Crippen molar-refractivity contribution in [3.05, 3.63) is 39.4 Å². The molecule has 1 saturated heterocycles. The molecule has 13 nitrogen and oxygen atoms in total. The molecule has 2 bridgehead atoms. The maximum Gasteiger partial charge on any atom is 0.471 e. The number of nitrogens with one attached hydrogen (secondary N) is 1. The van der Waals surface area contributed by atoms with Gasteiger partial charge in [-0.2, -0.15) is 18.4 Å². The molecule has 0 aromatic heterocycles. The van der Waals surface area contributed by atoms with E-state index in [0.29, 0.717) is 45.7 Å². The van der Waals surface area contributed by atoms with Crippen LogP contribution in [0.25, 0.3) is 0 Å². The van der Waals surface area contributed by atoms with Crippen molar-refractivity contribution >= 4 is 30.1 Å². The minimum absolute atomic E-state index is 0.0497. The number of alkyl halides is 3. The first-order valence-corrected chi connectivity index (χ1v) is 17.2. The van der Waals surface area contributed by atoms with Gasteiger partial charge in [-0.15, -0.1) is 11.8 Å². The Hall–Kier alpha value is -4.40. The van der Waals surface area contributed by atoms with E-state index in [1.54, 1.807) is 13.8 Å². The van der Waals surface area contributed by atoms with Crippen LogP contribution in [0.5, 0.6) is 28.7 Å². The van der Waals surface area contributed by atoms with Crippen molar-refractivity contribution in [3.8, 4) is 34.8 Å². The van der Waals surface area contributed by atoms with E-state index in [2.05, 4.69) is 6.07 Å². The van der Waals surface area contributed by atoms with Crippen LogP contribution < -0.4 is 24.3 Å². The van der Waals surface area contributed by atoms with E-state index >= 15 is 0 Å². The van der Waals surface area contributed by atoms with E-state index in [-0.39, 0.29) is 42.9 Å². The van der Waals surface area contributed by atoms with Gasteiger partial charge in [0.15, 0.2) is 23.0 Å². The first-order chi connectivity index (χ1) is 24.2. The molecule has 1 fully saturated rings. The summed E-state index contributed by atoms with van der Waals surface area (Å²) < 4.78 is 68.5. The lowest BCUT2D eigenvalue weighted by Crippen LogP contribution is -2.69. The first kappa shape index (κ1) is 36.4. The Morgan fingerprint density at radius 1 is 1.22 bits per heavy atom. The third kappa shape index (κ3) is 5.96. The van der Waals surface area contributed by atoms with Crippen LogP contribution in [0.1, 0.15) is 64.6 Å². The molecule has 274 valence electrons. The molecule has 0 saturated carbocycles.